The van der Waals surface area contributed by atoms with Crippen molar-refractivity contribution >= 4 is 29.1 Å². The molecule has 0 radical (unpaired) electrons. The van der Waals surface area contributed by atoms with Crippen LogP contribution in [0.5, 0.6) is 0 Å². The van der Waals surface area contributed by atoms with Crippen LogP contribution in [-0.2, 0) is 11.3 Å². The van der Waals surface area contributed by atoms with Crippen LogP contribution in [0.3, 0.4) is 0 Å². The largest absolute Gasteiger partial charge is 0.349 e. The zero-order valence-electron chi connectivity index (χ0n) is 15.6. The Morgan fingerprint density at radius 1 is 1.18 bits per heavy atom. The molecule has 1 atom stereocenters. The Hall–Kier alpha value is -2.37. The molecule has 4 rings (SSSR count). The van der Waals surface area contributed by atoms with Crippen LogP contribution in [0.25, 0.3) is 0 Å². The number of anilines is 1. The lowest BCUT2D eigenvalue weighted by atomic mass is 9.68. The minimum absolute atomic E-state index is 0.0643. The van der Waals surface area contributed by atoms with Crippen LogP contribution in [0.4, 0.5) is 5.69 Å². The Morgan fingerprint density at radius 3 is 2.75 bits per heavy atom. The second-order valence-corrected chi connectivity index (χ2v) is 8.07. The van der Waals surface area contributed by atoms with E-state index in [1.165, 1.54) is 6.42 Å². The molecule has 0 bridgehead atoms. The summed E-state index contributed by atoms with van der Waals surface area (Å²) in [6.07, 6.45) is 4.71. The molecule has 3 N–H and O–H groups in total. The first-order chi connectivity index (χ1) is 13.6. The fourth-order valence-electron chi connectivity index (χ4n) is 4.15. The molecule has 2 fully saturated rings. The van der Waals surface area contributed by atoms with Gasteiger partial charge >= 0.3 is 0 Å². The summed E-state index contributed by atoms with van der Waals surface area (Å²) in [5, 5.41) is 10.2. The second kappa shape index (κ2) is 7.94. The molecule has 2 aliphatic rings. The SMILES string of the molecule is O=C1CCC(NCc2cccc(NC(=O)c3ccccc3Cl)c2)C2(CCC2)N1. The zero-order chi connectivity index (χ0) is 19.6. The average Bonchev–Trinajstić information content (AvgIpc) is 2.66. The van der Waals surface area contributed by atoms with Gasteiger partial charge in [-0.15, -0.1) is 0 Å². The van der Waals surface area contributed by atoms with Crippen LogP contribution in [-0.4, -0.2) is 23.4 Å². The molecule has 0 aromatic heterocycles. The fourth-order valence-corrected chi connectivity index (χ4v) is 4.37. The minimum atomic E-state index is -0.223. The van der Waals surface area contributed by atoms with Crippen LogP contribution >= 0.6 is 11.6 Å². The van der Waals surface area contributed by atoms with Crippen LogP contribution in [0.1, 0.15) is 48.0 Å². The number of halogens is 1. The van der Waals surface area contributed by atoms with Crippen molar-refractivity contribution in [1.29, 1.82) is 0 Å². The summed E-state index contributed by atoms with van der Waals surface area (Å²) >= 11 is 6.11. The van der Waals surface area contributed by atoms with Gasteiger partial charge in [0.1, 0.15) is 0 Å². The van der Waals surface area contributed by atoms with Gasteiger partial charge in [0.2, 0.25) is 5.91 Å². The molecule has 2 aromatic rings. The zero-order valence-corrected chi connectivity index (χ0v) is 16.4. The number of hydrogen-bond acceptors (Lipinski definition) is 3. The van der Waals surface area contributed by atoms with Gasteiger partial charge in [-0.3, -0.25) is 9.59 Å². The van der Waals surface area contributed by atoms with Gasteiger partial charge in [-0.1, -0.05) is 35.9 Å². The summed E-state index contributed by atoms with van der Waals surface area (Å²) in [6.45, 7) is 0.693. The van der Waals surface area contributed by atoms with Gasteiger partial charge in [0.05, 0.1) is 16.1 Å². The number of amides is 2. The van der Waals surface area contributed by atoms with Gasteiger partial charge in [-0.05, 0) is 55.5 Å². The molecule has 2 amide bonds. The van der Waals surface area contributed by atoms with E-state index in [-0.39, 0.29) is 17.4 Å². The number of piperidine rings is 1. The van der Waals surface area contributed by atoms with E-state index in [2.05, 4.69) is 16.0 Å². The van der Waals surface area contributed by atoms with Crippen molar-refractivity contribution in [2.75, 3.05) is 5.32 Å². The van der Waals surface area contributed by atoms with E-state index in [1.54, 1.807) is 24.3 Å². The Balaban J connectivity index is 1.39. The number of nitrogens with one attached hydrogen (secondary N) is 3. The lowest BCUT2D eigenvalue weighted by molar-refractivity contribution is -0.128. The van der Waals surface area contributed by atoms with Gasteiger partial charge in [0.25, 0.3) is 5.91 Å². The Kier molecular flexibility index (Phi) is 5.38. The molecular formula is C22H24ClN3O2. The van der Waals surface area contributed by atoms with Gasteiger partial charge in [0, 0.05) is 24.7 Å². The van der Waals surface area contributed by atoms with Gasteiger partial charge in [-0.2, -0.15) is 0 Å². The fraction of sp³-hybridized carbons (Fsp3) is 0.364. The number of carbonyl (C=O) groups excluding carboxylic acids is 2. The molecule has 1 saturated heterocycles. The smallest absolute Gasteiger partial charge is 0.257 e. The van der Waals surface area contributed by atoms with E-state index in [1.807, 2.05) is 24.3 Å². The summed E-state index contributed by atoms with van der Waals surface area (Å²) in [7, 11) is 0. The third-order valence-electron chi connectivity index (χ3n) is 5.82. The number of rotatable bonds is 5. The topological polar surface area (TPSA) is 70.2 Å². The third kappa shape index (κ3) is 3.91. The van der Waals surface area contributed by atoms with Gasteiger partial charge in [-0.25, -0.2) is 0 Å². The van der Waals surface area contributed by atoms with Crippen molar-refractivity contribution < 1.29 is 9.59 Å². The first-order valence-corrected chi connectivity index (χ1v) is 10.1. The van der Waals surface area contributed by atoms with Crippen molar-refractivity contribution in [3.63, 3.8) is 0 Å². The van der Waals surface area contributed by atoms with Gasteiger partial charge in [0.15, 0.2) is 0 Å². The van der Waals surface area contributed by atoms with Crippen molar-refractivity contribution in [2.45, 2.75) is 50.2 Å². The molecule has 2 aromatic carbocycles. The minimum Gasteiger partial charge on any atom is -0.349 e. The lowest BCUT2D eigenvalue weighted by Crippen LogP contribution is -2.67. The maximum atomic E-state index is 12.5. The predicted molar refractivity (Wildman–Crippen MR) is 110 cm³/mol. The third-order valence-corrected chi connectivity index (χ3v) is 6.15. The highest BCUT2D eigenvalue weighted by Crippen LogP contribution is 2.39. The van der Waals surface area contributed by atoms with E-state index >= 15 is 0 Å². The quantitative estimate of drug-likeness (QED) is 0.717. The molecule has 28 heavy (non-hydrogen) atoms. The highest BCUT2D eigenvalue weighted by atomic mass is 35.5. The van der Waals surface area contributed by atoms with E-state index in [0.29, 0.717) is 29.6 Å². The second-order valence-electron chi connectivity index (χ2n) is 7.66. The van der Waals surface area contributed by atoms with Crippen LogP contribution in [0.2, 0.25) is 5.02 Å². The summed E-state index contributed by atoms with van der Waals surface area (Å²) < 4.78 is 0. The molecular weight excluding hydrogens is 374 g/mol. The van der Waals surface area contributed by atoms with E-state index < -0.39 is 0 Å². The maximum Gasteiger partial charge on any atom is 0.257 e. The Labute approximate surface area is 169 Å². The number of carbonyl (C=O) groups is 2. The lowest BCUT2D eigenvalue weighted by Gasteiger charge is -2.51. The maximum absolute atomic E-state index is 12.5. The summed E-state index contributed by atoms with van der Waals surface area (Å²) in [6, 6.07) is 15.1. The Morgan fingerprint density at radius 2 is 2.00 bits per heavy atom. The number of hydrogen-bond donors (Lipinski definition) is 3. The van der Waals surface area contributed by atoms with Crippen molar-refractivity contribution in [1.82, 2.24) is 10.6 Å². The molecule has 5 nitrogen and oxygen atoms in total. The molecule has 1 unspecified atom stereocenters. The van der Waals surface area contributed by atoms with Gasteiger partial charge < -0.3 is 16.0 Å². The monoisotopic (exact) mass is 397 g/mol. The molecule has 1 aliphatic heterocycles. The summed E-state index contributed by atoms with van der Waals surface area (Å²) in [5.74, 6) is -0.0545. The van der Waals surface area contributed by atoms with E-state index in [9.17, 15) is 9.59 Å². The van der Waals surface area contributed by atoms with Crippen LogP contribution < -0.4 is 16.0 Å². The normalized spacial score (nSPS) is 20.3. The van der Waals surface area contributed by atoms with Crippen molar-refractivity contribution in [3.05, 3.63) is 64.7 Å². The molecule has 1 spiro atoms. The molecule has 1 aliphatic carbocycles. The predicted octanol–water partition coefficient (Wildman–Crippen LogP) is 3.88. The van der Waals surface area contributed by atoms with E-state index in [4.69, 9.17) is 11.6 Å². The first kappa shape index (κ1) is 19.0. The summed E-state index contributed by atoms with van der Waals surface area (Å²) in [4.78, 5) is 24.3. The molecule has 6 heteroatoms. The summed E-state index contributed by atoms with van der Waals surface area (Å²) in [5.41, 5.74) is 2.21. The van der Waals surface area contributed by atoms with Crippen LogP contribution in [0.15, 0.2) is 48.5 Å². The highest BCUT2D eigenvalue weighted by Gasteiger charge is 2.47. The van der Waals surface area contributed by atoms with Crippen molar-refractivity contribution in [2.24, 2.45) is 0 Å². The van der Waals surface area contributed by atoms with E-state index in [0.717, 1.165) is 30.5 Å². The first-order valence-electron chi connectivity index (χ1n) is 9.75. The standard InChI is InChI=1S/C22H24ClN3O2/c23-18-8-2-1-7-17(18)21(28)25-16-6-3-5-15(13-16)14-24-19-9-10-20(27)26-22(19)11-4-12-22/h1-3,5-8,13,19,24H,4,9-12,14H2,(H,25,28)(H,26,27). The number of benzene rings is 2. The highest BCUT2D eigenvalue weighted by molar-refractivity contribution is 6.34. The molecule has 146 valence electrons. The van der Waals surface area contributed by atoms with Crippen LogP contribution in [0, 0.1) is 0 Å². The molecule has 1 heterocycles. The average molecular weight is 398 g/mol. The van der Waals surface area contributed by atoms with Crippen molar-refractivity contribution in [3.8, 4) is 0 Å². The molecule has 1 saturated carbocycles. The Bertz CT molecular complexity index is 895.